The molecule has 0 saturated heterocycles. The Hall–Kier alpha value is -1.92. The third-order valence-corrected chi connectivity index (χ3v) is 2.75. The number of amides is 2. The summed E-state index contributed by atoms with van der Waals surface area (Å²) in [5, 5.41) is 9.46. The lowest BCUT2D eigenvalue weighted by Crippen LogP contribution is -2.37. The maximum absolute atomic E-state index is 11.9. The molecule has 0 radical (unpaired) electrons. The molecule has 1 aromatic heterocycles. The van der Waals surface area contributed by atoms with Crippen LogP contribution < -0.4 is 5.32 Å². The van der Waals surface area contributed by atoms with E-state index in [0.29, 0.717) is 18.9 Å². The van der Waals surface area contributed by atoms with Crippen LogP contribution in [0.25, 0.3) is 0 Å². The number of carbonyl (C=O) groups is 2. The van der Waals surface area contributed by atoms with Gasteiger partial charge in [-0.2, -0.15) is 5.10 Å². The van der Waals surface area contributed by atoms with Gasteiger partial charge in [-0.1, -0.05) is 20.8 Å². The van der Waals surface area contributed by atoms with E-state index in [4.69, 9.17) is 0 Å². The Morgan fingerprint density at radius 3 is 2.50 bits per heavy atom. The van der Waals surface area contributed by atoms with Gasteiger partial charge in [-0.25, -0.2) is 4.98 Å². The Morgan fingerprint density at radius 2 is 2.00 bits per heavy atom. The summed E-state index contributed by atoms with van der Waals surface area (Å²) in [6, 6.07) is 0. The van der Waals surface area contributed by atoms with Crippen LogP contribution in [-0.4, -0.2) is 45.5 Å². The molecule has 1 rings (SSSR count). The number of rotatable bonds is 5. The fourth-order valence-corrected chi connectivity index (χ4v) is 1.50. The molecule has 1 aromatic rings. The largest absolute Gasteiger partial charge is 0.355 e. The van der Waals surface area contributed by atoms with Crippen molar-refractivity contribution in [3.63, 3.8) is 0 Å². The average molecular weight is 281 g/mol. The van der Waals surface area contributed by atoms with Crippen LogP contribution in [0.5, 0.6) is 0 Å². The van der Waals surface area contributed by atoms with Gasteiger partial charge in [0.2, 0.25) is 11.8 Å². The second-order valence-electron chi connectivity index (χ2n) is 5.84. The van der Waals surface area contributed by atoms with Gasteiger partial charge in [0.05, 0.1) is 6.54 Å². The SMILES string of the molecule is Cc1nc(CN(C)C(=O)CCNC(=O)C(C)(C)C)n[nH]1. The van der Waals surface area contributed by atoms with Crippen LogP contribution in [0.2, 0.25) is 0 Å². The first-order valence-electron chi connectivity index (χ1n) is 6.60. The Labute approximate surface area is 119 Å². The molecule has 0 fully saturated rings. The molecule has 0 bridgehead atoms. The molecular weight excluding hydrogens is 258 g/mol. The van der Waals surface area contributed by atoms with Gasteiger partial charge >= 0.3 is 0 Å². The standard InChI is InChI=1S/C13H23N5O2/c1-9-15-10(17-16-9)8-18(5)11(19)6-7-14-12(20)13(2,3)4/h6-8H2,1-5H3,(H,14,20)(H,15,16,17). The number of carbonyl (C=O) groups excluding carboxylic acids is 2. The number of hydrogen-bond acceptors (Lipinski definition) is 4. The Kier molecular flexibility index (Phi) is 5.24. The van der Waals surface area contributed by atoms with E-state index in [1.54, 1.807) is 18.9 Å². The molecule has 0 saturated carbocycles. The van der Waals surface area contributed by atoms with Crippen molar-refractivity contribution in [1.29, 1.82) is 0 Å². The molecule has 20 heavy (non-hydrogen) atoms. The summed E-state index contributed by atoms with van der Waals surface area (Å²) < 4.78 is 0. The Bertz CT molecular complexity index is 475. The van der Waals surface area contributed by atoms with Crippen molar-refractivity contribution in [1.82, 2.24) is 25.4 Å². The van der Waals surface area contributed by atoms with Gasteiger partial charge in [0.15, 0.2) is 5.82 Å². The number of aromatic nitrogens is 3. The summed E-state index contributed by atoms with van der Waals surface area (Å²) in [4.78, 5) is 29.2. The highest BCUT2D eigenvalue weighted by molar-refractivity contribution is 5.82. The third kappa shape index (κ3) is 4.99. The fraction of sp³-hybridized carbons (Fsp3) is 0.692. The second kappa shape index (κ2) is 6.49. The maximum atomic E-state index is 11.9. The van der Waals surface area contributed by atoms with Gasteiger partial charge in [-0.05, 0) is 6.92 Å². The monoisotopic (exact) mass is 281 g/mol. The highest BCUT2D eigenvalue weighted by atomic mass is 16.2. The van der Waals surface area contributed by atoms with Gasteiger partial charge in [0.25, 0.3) is 0 Å². The van der Waals surface area contributed by atoms with E-state index < -0.39 is 5.41 Å². The number of hydrogen-bond donors (Lipinski definition) is 2. The lowest BCUT2D eigenvalue weighted by Gasteiger charge is -2.19. The van der Waals surface area contributed by atoms with E-state index in [-0.39, 0.29) is 18.2 Å². The molecule has 0 aliphatic carbocycles. The molecule has 112 valence electrons. The topological polar surface area (TPSA) is 91.0 Å². The summed E-state index contributed by atoms with van der Waals surface area (Å²) in [7, 11) is 1.69. The van der Waals surface area contributed by atoms with Crippen LogP contribution in [0.3, 0.4) is 0 Å². The predicted octanol–water partition coefficient (Wildman–Crippen LogP) is 0.624. The smallest absolute Gasteiger partial charge is 0.225 e. The van der Waals surface area contributed by atoms with Crippen LogP contribution in [0.15, 0.2) is 0 Å². The number of aromatic amines is 1. The van der Waals surface area contributed by atoms with E-state index >= 15 is 0 Å². The highest BCUT2D eigenvalue weighted by Crippen LogP contribution is 2.12. The molecule has 0 spiro atoms. The van der Waals surface area contributed by atoms with Crippen molar-refractivity contribution < 1.29 is 9.59 Å². The van der Waals surface area contributed by atoms with Crippen molar-refractivity contribution in [2.45, 2.75) is 40.7 Å². The summed E-state index contributed by atoms with van der Waals surface area (Å²) >= 11 is 0. The average Bonchev–Trinajstić information content (AvgIpc) is 2.73. The van der Waals surface area contributed by atoms with Crippen molar-refractivity contribution in [2.24, 2.45) is 5.41 Å². The molecule has 7 nitrogen and oxygen atoms in total. The lowest BCUT2D eigenvalue weighted by molar-refractivity contribution is -0.131. The first kappa shape index (κ1) is 16.1. The number of nitrogens with zero attached hydrogens (tertiary/aromatic N) is 3. The van der Waals surface area contributed by atoms with E-state index in [0.717, 1.165) is 5.82 Å². The molecule has 0 aliphatic heterocycles. The Morgan fingerprint density at radius 1 is 1.35 bits per heavy atom. The summed E-state index contributed by atoms with van der Waals surface area (Å²) in [6.45, 7) is 8.01. The normalized spacial score (nSPS) is 11.2. The van der Waals surface area contributed by atoms with Crippen LogP contribution in [0.4, 0.5) is 0 Å². The molecule has 2 N–H and O–H groups in total. The lowest BCUT2D eigenvalue weighted by atomic mass is 9.96. The first-order valence-corrected chi connectivity index (χ1v) is 6.60. The summed E-state index contributed by atoms with van der Waals surface area (Å²) in [6.07, 6.45) is 0.266. The predicted molar refractivity (Wildman–Crippen MR) is 74.7 cm³/mol. The van der Waals surface area contributed by atoms with Gasteiger partial charge in [0.1, 0.15) is 5.82 Å². The minimum absolute atomic E-state index is 0.0540. The van der Waals surface area contributed by atoms with E-state index in [2.05, 4.69) is 20.5 Å². The zero-order chi connectivity index (χ0) is 15.3. The first-order chi connectivity index (χ1) is 9.20. The van der Waals surface area contributed by atoms with Crippen LogP contribution in [-0.2, 0) is 16.1 Å². The molecule has 0 aromatic carbocycles. The van der Waals surface area contributed by atoms with Crippen LogP contribution in [0, 0.1) is 12.3 Å². The van der Waals surface area contributed by atoms with Crippen molar-refractivity contribution in [3.05, 3.63) is 11.6 Å². The van der Waals surface area contributed by atoms with Crippen LogP contribution >= 0.6 is 0 Å². The minimum atomic E-state index is -0.439. The number of H-pyrrole nitrogens is 1. The van der Waals surface area contributed by atoms with Gasteiger partial charge < -0.3 is 10.2 Å². The zero-order valence-corrected chi connectivity index (χ0v) is 12.8. The molecular formula is C13H23N5O2. The second-order valence-corrected chi connectivity index (χ2v) is 5.84. The van der Waals surface area contributed by atoms with E-state index in [9.17, 15) is 9.59 Å². The minimum Gasteiger partial charge on any atom is -0.355 e. The molecule has 1 heterocycles. The fourth-order valence-electron chi connectivity index (χ4n) is 1.50. The van der Waals surface area contributed by atoms with Crippen molar-refractivity contribution in [2.75, 3.05) is 13.6 Å². The Balaban J connectivity index is 2.34. The number of nitrogens with one attached hydrogen (secondary N) is 2. The summed E-state index contributed by atoms with van der Waals surface area (Å²) in [5.41, 5.74) is -0.439. The summed E-state index contributed by atoms with van der Waals surface area (Å²) in [5.74, 6) is 1.19. The quantitative estimate of drug-likeness (QED) is 0.828. The molecule has 2 amide bonds. The van der Waals surface area contributed by atoms with Gasteiger partial charge in [0, 0.05) is 25.4 Å². The maximum Gasteiger partial charge on any atom is 0.225 e. The zero-order valence-electron chi connectivity index (χ0n) is 12.8. The van der Waals surface area contributed by atoms with Gasteiger partial charge in [-0.15, -0.1) is 0 Å². The van der Waals surface area contributed by atoms with Crippen LogP contribution in [0.1, 0.15) is 38.8 Å². The van der Waals surface area contributed by atoms with Gasteiger partial charge in [-0.3, -0.25) is 14.7 Å². The molecule has 0 aliphatic rings. The highest BCUT2D eigenvalue weighted by Gasteiger charge is 2.21. The third-order valence-electron chi connectivity index (χ3n) is 2.75. The molecule has 0 unspecified atom stereocenters. The van der Waals surface area contributed by atoms with Crippen molar-refractivity contribution in [3.8, 4) is 0 Å². The molecule has 0 atom stereocenters. The number of aryl methyl sites for hydroxylation is 1. The van der Waals surface area contributed by atoms with E-state index in [1.165, 1.54) is 0 Å². The molecule has 7 heteroatoms. The van der Waals surface area contributed by atoms with Crippen molar-refractivity contribution >= 4 is 11.8 Å². The van der Waals surface area contributed by atoms with E-state index in [1.807, 2.05) is 20.8 Å².